The smallest absolute Gasteiger partial charge is 0.164 e. The van der Waals surface area contributed by atoms with Gasteiger partial charge in [-0.25, -0.2) is 15.0 Å². The molecule has 1 aliphatic rings. The molecule has 2 aromatic heterocycles. The molecule has 0 aliphatic heterocycles. The van der Waals surface area contributed by atoms with E-state index in [1.165, 1.54) is 33.4 Å². The Morgan fingerprint density at radius 2 is 0.880 bits per heavy atom. The number of hydrogen-bond acceptors (Lipinski definition) is 4. The summed E-state index contributed by atoms with van der Waals surface area (Å²) in [6.45, 7) is 0. The predicted octanol–water partition coefficient (Wildman–Crippen LogP) is 11.1. The topological polar surface area (TPSA) is 51.8 Å². The second-order valence-electron chi connectivity index (χ2n) is 12.8. The molecule has 0 unspecified atom stereocenters. The second kappa shape index (κ2) is 11.2. The Morgan fingerprint density at radius 1 is 0.360 bits per heavy atom. The van der Waals surface area contributed by atoms with Gasteiger partial charge in [-0.1, -0.05) is 152 Å². The Balaban J connectivity index is 1.16. The lowest BCUT2D eigenvalue weighted by molar-refractivity contribution is 0.665. The lowest BCUT2D eigenvalue weighted by atomic mass is 9.67. The van der Waals surface area contributed by atoms with Crippen molar-refractivity contribution in [3.8, 4) is 45.3 Å². The molecule has 2 heterocycles. The monoisotopic (exact) mass is 639 g/mol. The summed E-state index contributed by atoms with van der Waals surface area (Å²) in [6.07, 6.45) is 0. The summed E-state index contributed by atoms with van der Waals surface area (Å²) in [6, 6.07) is 61.5. The fraction of sp³-hybridized carbons (Fsp3) is 0.0217. The van der Waals surface area contributed by atoms with Crippen LogP contribution >= 0.6 is 0 Å². The molecule has 7 aromatic carbocycles. The largest absolute Gasteiger partial charge is 0.456 e. The van der Waals surface area contributed by atoms with Crippen molar-refractivity contribution in [2.24, 2.45) is 0 Å². The van der Waals surface area contributed by atoms with Crippen LogP contribution < -0.4 is 0 Å². The summed E-state index contributed by atoms with van der Waals surface area (Å²) in [4.78, 5) is 14.8. The maximum atomic E-state index is 6.63. The average Bonchev–Trinajstić information content (AvgIpc) is 3.72. The fourth-order valence-corrected chi connectivity index (χ4v) is 7.80. The Labute approximate surface area is 289 Å². The molecule has 0 saturated heterocycles. The molecule has 4 heteroatoms. The van der Waals surface area contributed by atoms with E-state index in [0.29, 0.717) is 17.5 Å². The molecule has 1 aliphatic carbocycles. The SMILES string of the molecule is c1ccc(-c2nc(-c3ccccc3)nc(-c3ccc4oc5cc(C6(c7ccccc7)c7ccccc7-c7ccccc76)ccc5c4c3)n2)cc1. The van der Waals surface area contributed by atoms with Crippen molar-refractivity contribution in [1.29, 1.82) is 0 Å². The van der Waals surface area contributed by atoms with Gasteiger partial charge in [0.2, 0.25) is 0 Å². The number of furan rings is 1. The summed E-state index contributed by atoms with van der Waals surface area (Å²) in [5.41, 5.74) is 11.5. The number of aromatic nitrogens is 3. The first-order valence-corrected chi connectivity index (χ1v) is 16.9. The van der Waals surface area contributed by atoms with Crippen molar-refractivity contribution in [3.63, 3.8) is 0 Å². The molecule has 0 radical (unpaired) electrons. The van der Waals surface area contributed by atoms with Crippen molar-refractivity contribution in [1.82, 2.24) is 15.0 Å². The van der Waals surface area contributed by atoms with Gasteiger partial charge in [-0.15, -0.1) is 0 Å². The molecule has 0 saturated carbocycles. The van der Waals surface area contributed by atoms with Gasteiger partial charge < -0.3 is 4.42 Å². The summed E-state index contributed by atoms with van der Waals surface area (Å²) < 4.78 is 6.63. The van der Waals surface area contributed by atoms with Crippen LogP contribution in [0.3, 0.4) is 0 Å². The van der Waals surface area contributed by atoms with E-state index in [9.17, 15) is 0 Å². The van der Waals surface area contributed by atoms with Crippen LogP contribution in [0.5, 0.6) is 0 Å². The van der Waals surface area contributed by atoms with Crippen molar-refractivity contribution < 1.29 is 4.42 Å². The Morgan fingerprint density at radius 3 is 1.48 bits per heavy atom. The molecule has 9 aromatic rings. The van der Waals surface area contributed by atoms with Gasteiger partial charge in [-0.05, 0) is 57.6 Å². The molecule has 4 nitrogen and oxygen atoms in total. The first kappa shape index (κ1) is 28.4. The van der Waals surface area contributed by atoms with Gasteiger partial charge in [0.05, 0.1) is 5.41 Å². The van der Waals surface area contributed by atoms with Crippen LogP contribution in [0.2, 0.25) is 0 Å². The van der Waals surface area contributed by atoms with E-state index in [2.05, 4.69) is 103 Å². The number of benzene rings is 7. The minimum Gasteiger partial charge on any atom is -0.456 e. The van der Waals surface area contributed by atoms with Gasteiger partial charge >= 0.3 is 0 Å². The Bertz CT molecular complexity index is 2600. The highest BCUT2D eigenvalue weighted by Crippen LogP contribution is 2.56. The van der Waals surface area contributed by atoms with E-state index in [0.717, 1.165) is 38.6 Å². The van der Waals surface area contributed by atoms with Gasteiger partial charge in [0.1, 0.15) is 11.2 Å². The maximum absolute atomic E-state index is 6.63. The first-order valence-electron chi connectivity index (χ1n) is 16.9. The van der Waals surface area contributed by atoms with Crippen LogP contribution in [0, 0.1) is 0 Å². The van der Waals surface area contributed by atoms with Crippen LogP contribution in [-0.4, -0.2) is 15.0 Å². The van der Waals surface area contributed by atoms with Gasteiger partial charge in [0, 0.05) is 27.5 Å². The minimum atomic E-state index is -0.487. The van der Waals surface area contributed by atoms with Crippen LogP contribution in [0.15, 0.2) is 180 Å². The van der Waals surface area contributed by atoms with Gasteiger partial charge in [-0.3, -0.25) is 0 Å². The number of rotatable bonds is 5. The predicted molar refractivity (Wildman–Crippen MR) is 201 cm³/mol. The first-order chi connectivity index (χ1) is 24.8. The molecule has 10 rings (SSSR count). The summed E-state index contributed by atoms with van der Waals surface area (Å²) in [5, 5.41) is 2.07. The summed E-state index contributed by atoms with van der Waals surface area (Å²) in [5.74, 6) is 1.90. The van der Waals surface area contributed by atoms with E-state index in [1.54, 1.807) is 0 Å². The van der Waals surface area contributed by atoms with Crippen LogP contribution in [0.1, 0.15) is 22.3 Å². The highest BCUT2D eigenvalue weighted by atomic mass is 16.3. The number of nitrogens with zero attached hydrogens (tertiary/aromatic N) is 3. The zero-order chi connectivity index (χ0) is 33.1. The summed E-state index contributed by atoms with van der Waals surface area (Å²) >= 11 is 0. The standard InChI is InChI=1S/C46H29N3O/c1-4-14-30(15-5-1)43-47-44(31-16-6-2-7-17-31)49-45(48-43)32-24-27-41-38(28-32)37-26-25-34(29-42(37)50-41)46(33-18-8-3-9-19-33)39-22-12-10-20-35(39)36-21-11-13-23-40(36)46/h1-29H. The molecule has 0 spiro atoms. The summed E-state index contributed by atoms with van der Waals surface area (Å²) in [7, 11) is 0. The van der Waals surface area contributed by atoms with Crippen LogP contribution in [-0.2, 0) is 5.41 Å². The van der Waals surface area contributed by atoms with Gasteiger partial charge in [0.15, 0.2) is 17.5 Å². The van der Waals surface area contributed by atoms with Crippen molar-refractivity contribution in [2.75, 3.05) is 0 Å². The average molecular weight is 640 g/mol. The van der Waals surface area contributed by atoms with Gasteiger partial charge in [-0.2, -0.15) is 0 Å². The van der Waals surface area contributed by atoms with E-state index < -0.39 is 5.41 Å². The molecule has 0 amide bonds. The number of hydrogen-bond donors (Lipinski definition) is 0. The molecule has 234 valence electrons. The highest BCUT2D eigenvalue weighted by Gasteiger charge is 2.46. The fourth-order valence-electron chi connectivity index (χ4n) is 7.80. The molecular formula is C46H29N3O. The van der Waals surface area contributed by atoms with E-state index in [4.69, 9.17) is 19.4 Å². The van der Waals surface area contributed by atoms with Crippen molar-refractivity contribution in [2.45, 2.75) is 5.41 Å². The third-order valence-corrected chi connectivity index (χ3v) is 10.0. The molecule has 0 fully saturated rings. The molecule has 50 heavy (non-hydrogen) atoms. The van der Waals surface area contributed by atoms with E-state index >= 15 is 0 Å². The van der Waals surface area contributed by atoms with Crippen LogP contribution in [0.25, 0.3) is 67.2 Å². The highest BCUT2D eigenvalue weighted by molar-refractivity contribution is 6.06. The van der Waals surface area contributed by atoms with E-state index in [1.807, 2.05) is 72.8 Å². The number of fused-ring (bicyclic) bond motifs is 6. The molecule has 0 N–H and O–H groups in total. The lowest BCUT2D eigenvalue weighted by Crippen LogP contribution is -2.28. The Kier molecular flexibility index (Phi) is 6.36. The van der Waals surface area contributed by atoms with Crippen molar-refractivity contribution in [3.05, 3.63) is 198 Å². The zero-order valence-electron chi connectivity index (χ0n) is 27.0. The zero-order valence-corrected chi connectivity index (χ0v) is 27.0. The quantitative estimate of drug-likeness (QED) is 0.188. The van der Waals surface area contributed by atoms with E-state index in [-0.39, 0.29) is 0 Å². The third kappa shape index (κ3) is 4.28. The maximum Gasteiger partial charge on any atom is 0.164 e. The Hall–Kier alpha value is -6.65. The second-order valence-corrected chi connectivity index (χ2v) is 12.8. The normalized spacial score (nSPS) is 13.0. The molecular weight excluding hydrogens is 611 g/mol. The third-order valence-electron chi connectivity index (χ3n) is 10.0. The van der Waals surface area contributed by atoms with Crippen LogP contribution in [0.4, 0.5) is 0 Å². The van der Waals surface area contributed by atoms with Gasteiger partial charge in [0.25, 0.3) is 0 Å². The molecule has 0 atom stereocenters. The molecule has 0 bridgehead atoms. The minimum absolute atomic E-state index is 0.487. The lowest BCUT2D eigenvalue weighted by Gasteiger charge is -2.33. The van der Waals surface area contributed by atoms with Crippen molar-refractivity contribution >= 4 is 21.9 Å².